The number of aromatic nitrogens is 5. The van der Waals surface area contributed by atoms with E-state index in [4.69, 9.17) is 4.98 Å². The maximum absolute atomic E-state index is 9.27. The molecule has 0 aliphatic rings. The number of H-pyrrole nitrogens is 2. The standard InChI is InChI=1S/C28H26N6O/c1-17(16-35)12-29-14-20-6-4-8-25-26(20)32-28(31-25)27-22-11-18(9-10-24(22)33-34-27)23-15-30-13-19-5-2-3-7-21(19)23/h2-11,13,15,17,29,35H,12,14,16H2,1H3,(H,31,32)(H,33,34). The van der Waals surface area contributed by atoms with Gasteiger partial charge in [0.05, 0.1) is 16.6 Å². The third-order valence-corrected chi connectivity index (χ3v) is 6.48. The lowest BCUT2D eigenvalue weighted by Crippen LogP contribution is -2.22. The number of imidazole rings is 1. The highest BCUT2D eigenvalue weighted by Crippen LogP contribution is 2.33. The molecule has 0 aliphatic carbocycles. The van der Waals surface area contributed by atoms with E-state index >= 15 is 0 Å². The Morgan fingerprint density at radius 2 is 1.89 bits per heavy atom. The summed E-state index contributed by atoms with van der Waals surface area (Å²) in [5.74, 6) is 0.945. The summed E-state index contributed by atoms with van der Waals surface area (Å²) in [6.45, 7) is 3.63. The van der Waals surface area contributed by atoms with Gasteiger partial charge in [-0.1, -0.05) is 49.4 Å². The average Bonchev–Trinajstić information content (AvgIpc) is 3.52. The zero-order valence-electron chi connectivity index (χ0n) is 19.4. The first-order valence-corrected chi connectivity index (χ1v) is 11.8. The fourth-order valence-electron chi connectivity index (χ4n) is 4.57. The number of hydrogen-bond acceptors (Lipinski definition) is 5. The molecular weight excluding hydrogens is 436 g/mol. The fourth-order valence-corrected chi connectivity index (χ4v) is 4.57. The van der Waals surface area contributed by atoms with Gasteiger partial charge in [-0.15, -0.1) is 0 Å². The minimum absolute atomic E-state index is 0.173. The molecule has 1 atom stereocenters. The number of aromatic amines is 2. The molecule has 6 aromatic rings. The lowest BCUT2D eigenvalue weighted by Gasteiger charge is -2.09. The van der Waals surface area contributed by atoms with Gasteiger partial charge in [-0.2, -0.15) is 5.10 Å². The van der Waals surface area contributed by atoms with Crippen molar-refractivity contribution >= 4 is 32.7 Å². The van der Waals surface area contributed by atoms with Gasteiger partial charge in [0.15, 0.2) is 5.82 Å². The first kappa shape index (κ1) is 21.5. The zero-order valence-corrected chi connectivity index (χ0v) is 19.4. The Bertz CT molecular complexity index is 1640. The Hall–Kier alpha value is -4.07. The minimum Gasteiger partial charge on any atom is -0.396 e. The van der Waals surface area contributed by atoms with Crippen LogP contribution in [0.3, 0.4) is 0 Å². The van der Waals surface area contributed by atoms with E-state index in [1.807, 2.05) is 37.5 Å². The number of fused-ring (bicyclic) bond motifs is 3. The maximum atomic E-state index is 9.27. The minimum atomic E-state index is 0.173. The van der Waals surface area contributed by atoms with E-state index in [1.54, 1.807) is 0 Å². The molecule has 7 nitrogen and oxygen atoms in total. The molecule has 0 spiro atoms. The van der Waals surface area contributed by atoms with E-state index < -0.39 is 0 Å². The molecular formula is C28H26N6O. The summed E-state index contributed by atoms with van der Waals surface area (Å²) in [5.41, 5.74) is 6.93. The number of nitrogens with one attached hydrogen (secondary N) is 3. The Morgan fingerprint density at radius 1 is 0.971 bits per heavy atom. The fraction of sp³-hybridized carbons (Fsp3) is 0.179. The predicted molar refractivity (Wildman–Crippen MR) is 140 cm³/mol. The van der Waals surface area contributed by atoms with Gasteiger partial charge in [0.2, 0.25) is 0 Å². The normalized spacial score (nSPS) is 12.6. The van der Waals surface area contributed by atoms with Gasteiger partial charge in [0, 0.05) is 48.4 Å². The van der Waals surface area contributed by atoms with Crippen LogP contribution in [0.4, 0.5) is 0 Å². The molecule has 3 heterocycles. The summed E-state index contributed by atoms with van der Waals surface area (Å²) in [6.07, 6.45) is 3.81. The number of pyridine rings is 1. The second kappa shape index (κ2) is 8.94. The topological polar surface area (TPSA) is 103 Å². The maximum Gasteiger partial charge on any atom is 0.159 e. The number of benzene rings is 3. The summed E-state index contributed by atoms with van der Waals surface area (Å²) >= 11 is 0. The van der Waals surface area contributed by atoms with E-state index in [1.165, 1.54) is 5.39 Å². The number of aliphatic hydroxyl groups excluding tert-OH is 1. The van der Waals surface area contributed by atoms with Crippen LogP contribution in [0.1, 0.15) is 12.5 Å². The van der Waals surface area contributed by atoms with Gasteiger partial charge in [-0.25, -0.2) is 4.98 Å². The van der Waals surface area contributed by atoms with Crippen molar-refractivity contribution in [3.8, 4) is 22.6 Å². The third kappa shape index (κ3) is 3.95. The molecule has 7 heteroatoms. The van der Waals surface area contributed by atoms with Crippen molar-refractivity contribution in [1.29, 1.82) is 0 Å². The highest BCUT2D eigenvalue weighted by atomic mass is 16.3. The van der Waals surface area contributed by atoms with Gasteiger partial charge in [0.1, 0.15) is 5.69 Å². The van der Waals surface area contributed by atoms with Gasteiger partial charge in [-0.05, 0) is 40.6 Å². The summed E-state index contributed by atoms with van der Waals surface area (Å²) in [4.78, 5) is 12.8. The molecule has 35 heavy (non-hydrogen) atoms. The predicted octanol–water partition coefficient (Wildman–Crippen LogP) is 5.04. The molecule has 3 aromatic heterocycles. The third-order valence-electron chi connectivity index (χ3n) is 6.48. The van der Waals surface area contributed by atoms with Gasteiger partial charge < -0.3 is 15.4 Å². The molecule has 0 saturated heterocycles. The summed E-state index contributed by atoms with van der Waals surface area (Å²) in [6, 6.07) is 20.8. The van der Waals surface area contributed by atoms with Crippen LogP contribution < -0.4 is 5.32 Å². The Balaban J connectivity index is 1.40. The second-order valence-corrected chi connectivity index (χ2v) is 9.06. The molecule has 0 aliphatic heterocycles. The van der Waals surface area contributed by atoms with Crippen LogP contribution in [0.15, 0.2) is 73.1 Å². The summed E-state index contributed by atoms with van der Waals surface area (Å²) in [7, 11) is 0. The highest BCUT2D eigenvalue weighted by Gasteiger charge is 2.16. The Kier molecular flexibility index (Phi) is 5.48. The van der Waals surface area contributed by atoms with Crippen LogP contribution in [-0.2, 0) is 6.54 Å². The summed E-state index contributed by atoms with van der Waals surface area (Å²) in [5, 5.41) is 23.7. The second-order valence-electron chi connectivity index (χ2n) is 9.06. The molecule has 0 bridgehead atoms. The van der Waals surface area contributed by atoms with E-state index in [-0.39, 0.29) is 12.5 Å². The van der Waals surface area contributed by atoms with Gasteiger partial charge in [0.25, 0.3) is 0 Å². The quantitative estimate of drug-likeness (QED) is 0.266. The average molecular weight is 463 g/mol. The van der Waals surface area contributed by atoms with Crippen molar-refractivity contribution < 1.29 is 5.11 Å². The Labute approximate surface area is 202 Å². The molecule has 0 fully saturated rings. The number of nitrogens with zero attached hydrogens (tertiary/aromatic N) is 3. The molecule has 0 saturated carbocycles. The van der Waals surface area contributed by atoms with Crippen molar-refractivity contribution in [2.75, 3.05) is 13.2 Å². The highest BCUT2D eigenvalue weighted by molar-refractivity contribution is 6.00. The molecule has 4 N–H and O–H groups in total. The van der Waals surface area contributed by atoms with Crippen molar-refractivity contribution in [3.05, 3.63) is 78.6 Å². The van der Waals surface area contributed by atoms with Crippen LogP contribution in [0, 0.1) is 5.92 Å². The van der Waals surface area contributed by atoms with E-state index in [9.17, 15) is 5.11 Å². The zero-order chi connectivity index (χ0) is 23.8. The molecule has 174 valence electrons. The monoisotopic (exact) mass is 462 g/mol. The van der Waals surface area contributed by atoms with Crippen molar-refractivity contribution in [3.63, 3.8) is 0 Å². The molecule has 6 rings (SSSR count). The molecule has 3 aromatic carbocycles. The van der Waals surface area contributed by atoms with Crippen LogP contribution >= 0.6 is 0 Å². The first-order valence-electron chi connectivity index (χ1n) is 11.8. The molecule has 0 amide bonds. The van der Waals surface area contributed by atoms with Crippen LogP contribution in [-0.4, -0.2) is 43.4 Å². The molecule has 1 unspecified atom stereocenters. The van der Waals surface area contributed by atoms with E-state index in [0.29, 0.717) is 6.54 Å². The van der Waals surface area contributed by atoms with E-state index in [0.717, 1.165) is 62.1 Å². The van der Waals surface area contributed by atoms with Crippen molar-refractivity contribution in [1.82, 2.24) is 30.5 Å². The SMILES string of the molecule is CC(CO)CNCc1cccc2[nH]c(-c3n[nH]c4ccc(-c5cncc6ccccc56)cc34)nc12. The number of aliphatic hydroxyl groups is 1. The smallest absolute Gasteiger partial charge is 0.159 e. The number of hydrogen-bond donors (Lipinski definition) is 4. The lowest BCUT2D eigenvalue weighted by atomic mass is 9.99. The Morgan fingerprint density at radius 3 is 2.80 bits per heavy atom. The lowest BCUT2D eigenvalue weighted by molar-refractivity contribution is 0.233. The summed E-state index contributed by atoms with van der Waals surface area (Å²) < 4.78 is 0. The van der Waals surface area contributed by atoms with E-state index in [2.05, 4.69) is 67.9 Å². The largest absolute Gasteiger partial charge is 0.396 e. The van der Waals surface area contributed by atoms with Crippen LogP contribution in [0.2, 0.25) is 0 Å². The van der Waals surface area contributed by atoms with Crippen molar-refractivity contribution in [2.24, 2.45) is 5.92 Å². The van der Waals surface area contributed by atoms with Crippen molar-refractivity contribution in [2.45, 2.75) is 13.5 Å². The van der Waals surface area contributed by atoms with Crippen LogP contribution in [0.5, 0.6) is 0 Å². The van der Waals surface area contributed by atoms with Gasteiger partial charge >= 0.3 is 0 Å². The number of rotatable bonds is 7. The first-order chi connectivity index (χ1) is 17.2. The van der Waals surface area contributed by atoms with Gasteiger partial charge in [-0.3, -0.25) is 10.1 Å². The number of para-hydroxylation sites is 1. The van der Waals surface area contributed by atoms with Crippen LogP contribution in [0.25, 0.3) is 55.4 Å². The molecule has 0 radical (unpaired) electrons.